The molecular weight excluding hydrogens is 306 g/mol. The van der Waals surface area contributed by atoms with Crippen LogP contribution in [0.25, 0.3) is 11.1 Å². The van der Waals surface area contributed by atoms with E-state index in [1.54, 1.807) is 24.3 Å². The van der Waals surface area contributed by atoms with Gasteiger partial charge in [-0.05, 0) is 52.2 Å². The highest BCUT2D eigenvalue weighted by atomic mass is 79.9. The largest absolute Gasteiger partial charge is 0.508 e. The summed E-state index contributed by atoms with van der Waals surface area (Å²) in [7, 11) is 0. The van der Waals surface area contributed by atoms with Crippen LogP contribution in [0.1, 0.15) is 5.56 Å². The number of benzene rings is 2. The summed E-state index contributed by atoms with van der Waals surface area (Å²) in [5.41, 5.74) is 1.94. The fraction of sp³-hybridized carbons (Fsp3) is 0.0769. The zero-order chi connectivity index (χ0) is 12.6. The molecule has 0 heterocycles. The Morgan fingerprint density at radius 1 is 1.18 bits per heavy atom. The van der Waals surface area contributed by atoms with Crippen LogP contribution in [0.3, 0.4) is 0 Å². The zero-order valence-corrected chi connectivity index (χ0v) is 11.3. The van der Waals surface area contributed by atoms with E-state index in [1.165, 1.54) is 6.07 Å². The summed E-state index contributed by atoms with van der Waals surface area (Å²) >= 11 is 9.02. The lowest BCUT2D eigenvalue weighted by Gasteiger charge is -2.09. The summed E-state index contributed by atoms with van der Waals surface area (Å²) in [4.78, 5) is 0. The second-order valence-electron chi connectivity index (χ2n) is 3.72. The van der Waals surface area contributed by atoms with Gasteiger partial charge in [0.25, 0.3) is 0 Å². The summed E-state index contributed by atoms with van der Waals surface area (Å²) in [6, 6.07) is 8.15. The molecule has 0 fully saturated rings. The number of phenolic OH excluding ortho intramolecular Hbond substituents is 1. The lowest BCUT2D eigenvalue weighted by Crippen LogP contribution is -1.89. The van der Waals surface area contributed by atoms with Crippen molar-refractivity contribution in [1.82, 2.24) is 0 Å². The van der Waals surface area contributed by atoms with Gasteiger partial charge in [0.2, 0.25) is 0 Å². The number of aromatic hydroxyl groups is 1. The number of halogens is 3. The van der Waals surface area contributed by atoms with E-state index in [9.17, 15) is 9.50 Å². The molecule has 2 aromatic carbocycles. The Kier molecular flexibility index (Phi) is 3.40. The van der Waals surface area contributed by atoms with Crippen molar-refractivity contribution in [3.8, 4) is 16.9 Å². The van der Waals surface area contributed by atoms with Crippen LogP contribution in [0.5, 0.6) is 5.75 Å². The topological polar surface area (TPSA) is 20.2 Å². The van der Waals surface area contributed by atoms with Gasteiger partial charge in [-0.2, -0.15) is 0 Å². The fourth-order valence-electron chi connectivity index (χ4n) is 1.68. The highest BCUT2D eigenvalue weighted by Crippen LogP contribution is 2.35. The van der Waals surface area contributed by atoms with Crippen LogP contribution in [0.4, 0.5) is 4.39 Å². The monoisotopic (exact) mass is 314 g/mol. The number of hydrogen-bond donors (Lipinski definition) is 1. The van der Waals surface area contributed by atoms with E-state index in [4.69, 9.17) is 11.6 Å². The third kappa shape index (κ3) is 2.31. The molecule has 0 unspecified atom stereocenters. The summed E-state index contributed by atoms with van der Waals surface area (Å²) < 4.78 is 14.5. The van der Waals surface area contributed by atoms with Gasteiger partial charge in [0.1, 0.15) is 5.75 Å². The summed E-state index contributed by atoms with van der Waals surface area (Å²) in [5, 5.41) is 9.39. The van der Waals surface area contributed by atoms with Crippen LogP contribution in [0, 0.1) is 12.7 Å². The molecule has 4 heteroatoms. The van der Waals surface area contributed by atoms with E-state index in [0.29, 0.717) is 10.0 Å². The maximum Gasteiger partial charge on any atom is 0.150 e. The minimum absolute atomic E-state index is 0.0648. The van der Waals surface area contributed by atoms with Crippen molar-refractivity contribution < 1.29 is 9.50 Å². The van der Waals surface area contributed by atoms with Gasteiger partial charge in [-0.3, -0.25) is 0 Å². The molecule has 0 atom stereocenters. The molecule has 0 bridgehead atoms. The molecule has 2 aromatic rings. The van der Waals surface area contributed by atoms with Crippen LogP contribution < -0.4 is 0 Å². The molecule has 0 saturated heterocycles. The predicted octanol–water partition coefficient (Wildman–Crippen LogP) is 4.92. The van der Waals surface area contributed by atoms with Gasteiger partial charge in [-0.1, -0.05) is 23.7 Å². The Bertz CT molecular complexity index is 584. The zero-order valence-electron chi connectivity index (χ0n) is 8.97. The third-order valence-corrected chi connectivity index (χ3v) is 3.79. The molecule has 0 aliphatic heterocycles. The fourth-order valence-corrected chi connectivity index (χ4v) is 2.15. The van der Waals surface area contributed by atoms with Gasteiger partial charge in [-0.25, -0.2) is 4.39 Å². The van der Waals surface area contributed by atoms with Gasteiger partial charge in [0.15, 0.2) is 5.82 Å². The first kappa shape index (κ1) is 12.4. The van der Waals surface area contributed by atoms with Crippen molar-refractivity contribution in [2.45, 2.75) is 6.92 Å². The Labute approximate surface area is 112 Å². The Morgan fingerprint density at radius 3 is 2.47 bits per heavy atom. The minimum atomic E-state index is -0.463. The van der Waals surface area contributed by atoms with E-state index >= 15 is 0 Å². The van der Waals surface area contributed by atoms with E-state index in [-0.39, 0.29) is 10.8 Å². The highest BCUT2D eigenvalue weighted by Gasteiger charge is 2.13. The van der Waals surface area contributed by atoms with Crippen LogP contribution in [0.2, 0.25) is 5.02 Å². The van der Waals surface area contributed by atoms with Crippen LogP contribution in [-0.4, -0.2) is 5.11 Å². The van der Waals surface area contributed by atoms with Crippen LogP contribution in [-0.2, 0) is 0 Å². The molecule has 2 rings (SSSR count). The smallest absolute Gasteiger partial charge is 0.150 e. The second kappa shape index (κ2) is 4.67. The van der Waals surface area contributed by atoms with E-state index < -0.39 is 5.82 Å². The van der Waals surface area contributed by atoms with Crippen molar-refractivity contribution >= 4 is 27.5 Å². The van der Waals surface area contributed by atoms with Gasteiger partial charge >= 0.3 is 0 Å². The molecular formula is C13H9BrClFO. The van der Waals surface area contributed by atoms with Gasteiger partial charge in [0.05, 0.1) is 5.02 Å². The van der Waals surface area contributed by atoms with Gasteiger partial charge in [-0.15, -0.1) is 0 Å². The summed E-state index contributed by atoms with van der Waals surface area (Å²) in [5.74, 6) is -0.301. The first-order valence-electron chi connectivity index (χ1n) is 4.94. The van der Waals surface area contributed by atoms with Crippen molar-refractivity contribution in [2.75, 3.05) is 0 Å². The quantitative estimate of drug-likeness (QED) is 0.740. The molecule has 17 heavy (non-hydrogen) atoms. The number of rotatable bonds is 1. The average molecular weight is 316 g/mol. The van der Waals surface area contributed by atoms with E-state index in [2.05, 4.69) is 15.9 Å². The molecule has 0 saturated carbocycles. The molecule has 88 valence electrons. The minimum Gasteiger partial charge on any atom is -0.508 e. The normalized spacial score (nSPS) is 10.6. The van der Waals surface area contributed by atoms with Gasteiger partial charge < -0.3 is 5.11 Å². The Balaban J connectivity index is 2.65. The number of phenols is 1. The lowest BCUT2D eigenvalue weighted by atomic mass is 10.00. The van der Waals surface area contributed by atoms with E-state index in [1.807, 2.05) is 6.92 Å². The maximum atomic E-state index is 14.0. The van der Waals surface area contributed by atoms with Crippen molar-refractivity contribution in [2.24, 2.45) is 0 Å². The van der Waals surface area contributed by atoms with Gasteiger partial charge in [0, 0.05) is 10.0 Å². The third-order valence-electron chi connectivity index (χ3n) is 2.54. The predicted molar refractivity (Wildman–Crippen MR) is 70.9 cm³/mol. The number of aryl methyl sites for hydroxylation is 1. The summed E-state index contributed by atoms with van der Waals surface area (Å²) in [6.45, 7) is 1.81. The molecule has 0 aromatic heterocycles. The van der Waals surface area contributed by atoms with Crippen LogP contribution in [0.15, 0.2) is 34.8 Å². The SMILES string of the molecule is Cc1cc(O)ccc1-c1ccc(Br)c(Cl)c1F. The molecule has 0 spiro atoms. The Hall–Kier alpha value is -1.06. The Morgan fingerprint density at radius 2 is 1.82 bits per heavy atom. The standard InChI is InChI=1S/C13H9BrClFO/c1-7-6-8(17)2-3-9(7)10-4-5-11(14)12(15)13(10)16/h2-6,17H,1H3. The molecule has 0 amide bonds. The van der Waals surface area contributed by atoms with Crippen molar-refractivity contribution in [3.63, 3.8) is 0 Å². The second-order valence-corrected chi connectivity index (χ2v) is 4.95. The molecule has 0 aliphatic rings. The van der Waals surface area contributed by atoms with E-state index in [0.717, 1.165) is 11.1 Å². The average Bonchev–Trinajstić information content (AvgIpc) is 2.28. The number of hydrogen-bond acceptors (Lipinski definition) is 1. The molecule has 0 radical (unpaired) electrons. The highest BCUT2D eigenvalue weighted by molar-refractivity contribution is 9.10. The lowest BCUT2D eigenvalue weighted by molar-refractivity contribution is 0.475. The van der Waals surface area contributed by atoms with Crippen molar-refractivity contribution in [1.29, 1.82) is 0 Å². The summed E-state index contributed by atoms with van der Waals surface area (Å²) in [6.07, 6.45) is 0. The van der Waals surface area contributed by atoms with Crippen molar-refractivity contribution in [3.05, 3.63) is 51.2 Å². The maximum absolute atomic E-state index is 14.0. The molecule has 1 nitrogen and oxygen atoms in total. The van der Waals surface area contributed by atoms with Crippen LogP contribution >= 0.6 is 27.5 Å². The molecule has 1 N–H and O–H groups in total. The first-order chi connectivity index (χ1) is 8.00. The first-order valence-corrected chi connectivity index (χ1v) is 6.11. The molecule has 0 aliphatic carbocycles.